The Labute approximate surface area is 182 Å². The molecule has 0 radical (unpaired) electrons. The molecule has 0 saturated heterocycles. The average Bonchev–Trinajstić information content (AvgIpc) is 2.76. The highest BCUT2D eigenvalue weighted by Crippen LogP contribution is 2.36. The summed E-state index contributed by atoms with van der Waals surface area (Å²) in [7, 11) is 0. The Kier molecular flexibility index (Phi) is 8.35. The van der Waals surface area contributed by atoms with Gasteiger partial charge in [0, 0.05) is 0 Å². The molecule has 0 aliphatic heterocycles. The first-order valence-corrected chi connectivity index (χ1v) is 11.1. The first kappa shape index (κ1) is 23.1. The molecule has 0 N–H and O–H groups in total. The third kappa shape index (κ3) is 6.23. The number of benzene rings is 2. The molecular formula is C27H28F4. The van der Waals surface area contributed by atoms with Crippen molar-refractivity contribution in [2.45, 2.75) is 70.4 Å². The number of allylic oxidation sites excluding steroid dienone is 1. The Hall–Kier alpha value is -2.54. The van der Waals surface area contributed by atoms with Gasteiger partial charge in [-0.2, -0.15) is 0 Å². The SMILES string of the molecule is CCCCC/C=C/c1ccc(C#Cc2ccc(C3CCC(F)CC3)c(F)c2F)c(F)c1. The second-order valence-corrected chi connectivity index (χ2v) is 8.17. The highest BCUT2D eigenvalue weighted by molar-refractivity contribution is 5.53. The van der Waals surface area contributed by atoms with Crippen LogP contribution in [0.15, 0.2) is 36.4 Å². The van der Waals surface area contributed by atoms with Crippen LogP contribution in [0.25, 0.3) is 6.08 Å². The molecule has 1 saturated carbocycles. The van der Waals surface area contributed by atoms with Crippen LogP contribution in [0.5, 0.6) is 0 Å². The molecule has 0 bridgehead atoms. The lowest BCUT2D eigenvalue weighted by Gasteiger charge is -2.25. The highest BCUT2D eigenvalue weighted by Gasteiger charge is 2.25. The summed E-state index contributed by atoms with van der Waals surface area (Å²) in [6.45, 7) is 2.14. The van der Waals surface area contributed by atoms with Crippen LogP contribution in [0.1, 0.15) is 86.5 Å². The van der Waals surface area contributed by atoms with Crippen LogP contribution < -0.4 is 0 Å². The Morgan fingerprint density at radius 1 is 0.903 bits per heavy atom. The Bertz CT molecular complexity index is 973. The summed E-state index contributed by atoms with van der Waals surface area (Å²) in [4.78, 5) is 0. The summed E-state index contributed by atoms with van der Waals surface area (Å²) in [5.74, 6) is 2.52. The first-order chi connectivity index (χ1) is 15.0. The van der Waals surface area contributed by atoms with E-state index in [1.807, 2.05) is 12.2 Å². The van der Waals surface area contributed by atoms with Crippen LogP contribution in [0, 0.1) is 29.3 Å². The fourth-order valence-electron chi connectivity index (χ4n) is 3.94. The number of hydrogen-bond acceptors (Lipinski definition) is 0. The van der Waals surface area contributed by atoms with E-state index in [9.17, 15) is 17.6 Å². The van der Waals surface area contributed by atoms with Crippen LogP contribution in [0.3, 0.4) is 0 Å². The van der Waals surface area contributed by atoms with Gasteiger partial charge < -0.3 is 0 Å². The molecule has 1 aliphatic carbocycles. The molecule has 0 nitrogen and oxygen atoms in total. The van der Waals surface area contributed by atoms with Gasteiger partial charge in [0.05, 0.1) is 11.1 Å². The topological polar surface area (TPSA) is 0 Å². The molecule has 0 unspecified atom stereocenters. The van der Waals surface area contributed by atoms with Crippen LogP contribution in [-0.4, -0.2) is 6.17 Å². The largest absolute Gasteiger partial charge is 0.247 e. The van der Waals surface area contributed by atoms with Gasteiger partial charge >= 0.3 is 0 Å². The van der Waals surface area contributed by atoms with Crippen molar-refractivity contribution in [3.8, 4) is 11.8 Å². The van der Waals surface area contributed by atoms with Crippen molar-refractivity contribution < 1.29 is 17.6 Å². The van der Waals surface area contributed by atoms with Gasteiger partial charge in [0.1, 0.15) is 12.0 Å². The lowest BCUT2D eigenvalue weighted by Crippen LogP contribution is -2.15. The summed E-state index contributed by atoms with van der Waals surface area (Å²) in [5.41, 5.74) is 1.04. The second-order valence-electron chi connectivity index (χ2n) is 8.17. The molecule has 3 rings (SSSR count). The van der Waals surface area contributed by atoms with Crippen molar-refractivity contribution in [3.63, 3.8) is 0 Å². The van der Waals surface area contributed by atoms with E-state index in [2.05, 4.69) is 18.8 Å². The zero-order chi connectivity index (χ0) is 22.2. The number of alkyl halides is 1. The predicted octanol–water partition coefficient (Wildman–Crippen LogP) is 8.09. The molecule has 0 atom stereocenters. The van der Waals surface area contributed by atoms with E-state index in [4.69, 9.17) is 0 Å². The van der Waals surface area contributed by atoms with Crippen LogP contribution in [0.4, 0.5) is 17.6 Å². The molecule has 0 amide bonds. The standard InChI is InChI=1S/C27H28F4/c1-2-3-4-5-6-7-19-8-9-21(25(29)18-19)10-11-22-14-17-24(27(31)26(22)30)20-12-15-23(28)16-13-20/h6-9,14,17-18,20,23H,2-5,12-13,15-16H2,1H3/b7-6+. The lowest BCUT2D eigenvalue weighted by atomic mass is 9.82. The van der Waals surface area contributed by atoms with Gasteiger partial charge in [-0.25, -0.2) is 17.6 Å². The Morgan fingerprint density at radius 3 is 2.32 bits per heavy atom. The van der Waals surface area contributed by atoms with Crippen LogP contribution in [0.2, 0.25) is 0 Å². The molecule has 0 spiro atoms. The molecule has 0 heterocycles. The van der Waals surface area contributed by atoms with E-state index >= 15 is 0 Å². The van der Waals surface area contributed by atoms with E-state index in [0.29, 0.717) is 25.7 Å². The lowest BCUT2D eigenvalue weighted by molar-refractivity contribution is 0.233. The van der Waals surface area contributed by atoms with Gasteiger partial charge in [0.2, 0.25) is 0 Å². The Balaban J connectivity index is 1.72. The van der Waals surface area contributed by atoms with E-state index in [1.54, 1.807) is 12.1 Å². The maximum atomic E-state index is 14.6. The third-order valence-electron chi connectivity index (χ3n) is 5.82. The predicted molar refractivity (Wildman–Crippen MR) is 118 cm³/mol. The summed E-state index contributed by atoms with van der Waals surface area (Å²) >= 11 is 0. The van der Waals surface area contributed by atoms with Crippen molar-refractivity contribution in [1.82, 2.24) is 0 Å². The van der Waals surface area contributed by atoms with Gasteiger partial charge in [-0.15, -0.1) is 0 Å². The summed E-state index contributed by atoms with van der Waals surface area (Å²) in [6.07, 6.45) is 9.19. The zero-order valence-electron chi connectivity index (χ0n) is 17.9. The van der Waals surface area contributed by atoms with E-state index in [-0.39, 0.29) is 22.6 Å². The smallest absolute Gasteiger partial charge is 0.174 e. The Morgan fingerprint density at radius 2 is 1.61 bits per heavy atom. The zero-order valence-corrected chi connectivity index (χ0v) is 17.9. The monoisotopic (exact) mass is 428 g/mol. The molecule has 31 heavy (non-hydrogen) atoms. The molecule has 2 aromatic carbocycles. The first-order valence-electron chi connectivity index (χ1n) is 11.1. The average molecular weight is 429 g/mol. The van der Waals surface area contributed by atoms with Crippen molar-refractivity contribution in [2.24, 2.45) is 0 Å². The quantitative estimate of drug-likeness (QED) is 0.248. The van der Waals surface area contributed by atoms with E-state index < -0.39 is 23.6 Å². The molecular weight excluding hydrogens is 400 g/mol. The highest BCUT2D eigenvalue weighted by atomic mass is 19.2. The van der Waals surface area contributed by atoms with Gasteiger partial charge in [0.25, 0.3) is 0 Å². The summed E-state index contributed by atoms with van der Waals surface area (Å²) in [6, 6.07) is 7.64. The number of unbranched alkanes of at least 4 members (excludes halogenated alkanes) is 3. The van der Waals surface area contributed by atoms with Gasteiger partial charge in [-0.05, 0) is 73.8 Å². The van der Waals surface area contributed by atoms with E-state index in [1.165, 1.54) is 24.6 Å². The van der Waals surface area contributed by atoms with Crippen LogP contribution >= 0.6 is 0 Å². The normalized spacial score (nSPS) is 18.7. The molecule has 4 heteroatoms. The summed E-state index contributed by atoms with van der Waals surface area (Å²) < 4.78 is 56.8. The second kappa shape index (κ2) is 11.2. The number of hydrogen-bond donors (Lipinski definition) is 0. The minimum absolute atomic E-state index is 0.111. The molecule has 1 fully saturated rings. The minimum Gasteiger partial charge on any atom is -0.247 e. The van der Waals surface area contributed by atoms with Gasteiger partial charge in [0.15, 0.2) is 11.6 Å². The summed E-state index contributed by atoms with van der Waals surface area (Å²) in [5, 5.41) is 0. The maximum absolute atomic E-state index is 14.6. The van der Waals surface area contributed by atoms with Crippen LogP contribution in [-0.2, 0) is 0 Å². The van der Waals surface area contributed by atoms with Gasteiger partial charge in [-0.3, -0.25) is 0 Å². The van der Waals surface area contributed by atoms with Crippen molar-refractivity contribution in [3.05, 3.63) is 76.1 Å². The van der Waals surface area contributed by atoms with Crippen molar-refractivity contribution in [1.29, 1.82) is 0 Å². The fraction of sp³-hybridized carbons (Fsp3) is 0.407. The minimum atomic E-state index is -1.03. The van der Waals surface area contributed by atoms with Gasteiger partial charge in [-0.1, -0.05) is 55.9 Å². The maximum Gasteiger partial charge on any atom is 0.174 e. The number of halogens is 4. The molecule has 2 aromatic rings. The van der Waals surface area contributed by atoms with Crippen molar-refractivity contribution >= 4 is 6.08 Å². The number of rotatable bonds is 6. The third-order valence-corrected chi connectivity index (χ3v) is 5.82. The molecule has 1 aliphatic rings. The fourth-order valence-corrected chi connectivity index (χ4v) is 3.94. The van der Waals surface area contributed by atoms with Crippen molar-refractivity contribution in [2.75, 3.05) is 0 Å². The molecule has 164 valence electrons. The molecule has 0 aromatic heterocycles. The van der Waals surface area contributed by atoms with E-state index in [0.717, 1.165) is 24.8 Å².